The highest BCUT2D eigenvalue weighted by Gasteiger charge is 2.40. The molecule has 0 unspecified atom stereocenters. The van der Waals surface area contributed by atoms with Crippen LogP contribution in [0.2, 0.25) is 0 Å². The average Bonchev–Trinajstić information content (AvgIpc) is 2.44. The van der Waals surface area contributed by atoms with Crippen LogP contribution in [0.15, 0.2) is 12.7 Å². The summed E-state index contributed by atoms with van der Waals surface area (Å²) < 4.78 is 5.15. The third-order valence-electron chi connectivity index (χ3n) is 3.40. The van der Waals surface area contributed by atoms with E-state index < -0.39 is 5.54 Å². The first-order valence-electron chi connectivity index (χ1n) is 6.94. The summed E-state index contributed by atoms with van der Waals surface area (Å²) >= 11 is 0. The van der Waals surface area contributed by atoms with Gasteiger partial charge in [0.15, 0.2) is 0 Å². The highest BCUT2D eigenvalue weighted by molar-refractivity contribution is 5.83. The Bertz CT molecular complexity index is 323. The summed E-state index contributed by atoms with van der Waals surface area (Å²) in [5.41, 5.74) is -0.681. The van der Waals surface area contributed by atoms with Crippen molar-refractivity contribution >= 4 is 11.9 Å². The van der Waals surface area contributed by atoms with Crippen molar-refractivity contribution in [2.24, 2.45) is 0 Å². The molecule has 0 radical (unpaired) electrons. The zero-order valence-electron chi connectivity index (χ0n) is 11.7. The van der Waals surface area contributed by atoms with Crippen molar-refractivity contribution < 1.29 is 14.3 Å². The lowest BCUT2D eigenvalue weighted by Gasteiger charge is -2.35. The fraction of sp³-hybridized carbons (Fsp3) is 0.714. The van der Waals surface area contributed by atoms with Gasteiger partial charge >= 0.3 is 5.97 Å². The first-order valence-corrected chi connectivity index (χ1v) is 6.94. The van der Waals surface area contributed by atoms with E-state index in [2.05, 4.69) is 17.2 Å². The maximum absolute atomic E-state index is 12.1. The lowest BCUT2D eigenvalue weighted by atomic mass is 9.81. The van der Waals surface area contributed by atoms with Gasteiger partial charge in [-0.3, -0.25) is 14.9 Å². The Hall–Kier alpha value is -1.36. The van der Waals surface area contributed by atoms with Crippen LogP contribution in [-0.4, -0.2) is 37.1 Å². The summed E-state index contributed by atoms with van der Waals surface area (Å²) in [5.74, 6) is -0.361. The predicted octanol–water partition coefficient (Wildman–Crippen LogP) is 1.14. The van der Waals surface area contributed by atoms with Gasteiger partial charge in [0.1, 0.15) is 5.54 Å². The maximum Gasteiger partial charge on any atom is 0.326 e. The Balaban J connectivity index is 2.56. The van der Waals surface area contributed by atoms with Crippen molar-refractivity contribution in [1.82, 2.24) is 10.6 Å². The van der Waals surface area contributed by atoms with Gasteiger partial charge in [0.2, 0.25) is 5.91 Å². The molecule has 0 aromatic rings. The molecule has 0 aliphatic heterocycles. The minimum Gasteiger partial charge on any atom is -0.465 e. The maximum atomic E-state index is 12.1. The van der Waals surface area contributed by atoms with E-state index in [0.29, 0.717) is 13.2 Å². The van der Waals surface area contributed by atoms with E-state index >= 15 is 0 Å². The molecule has 1 rings (SSSR count). The van der Waals surface area contributed by atoms with Crippen LogP contribution < -0.4 is 10.6 Å². The molecule has 0 spiro atoms. The van der Waals surface area contributed by atoms with Crippen LogP contribution in [0.4, 0.5) is 0 Å². The molecule has 5 heteroatoms. The van der Waals surface area contributed by atoms with Crippen molar-refractivity contribution in [2.45, 2.75) is 44.6 Å². The number of hydrogen-bond acceptors (Lipinski definition) is 4. The molecule has 1 aliphatic carbocycles. The van der Waals surface area contributed by atoms with E-state index in [1.165, 1.54) is 0 Å². The number of carbonyl (C=O) groups excluding carboxylic acids is 2. The number of hydrogen-bond donors (Lipinski definition) is 2. The second-order valence-electron chi connectivity index (χ2n) is 4.81. The van der Waals surface area contributed by atoms with Gasteiger partial charge in [0, 0.05) is 6.54 Å². The van der Waals surface area contributed by atoms with Gasteiger partial charge in [-0.2, -0.15) is 0 Å². The van der Waals surface area contributed by atoms with E-state index in [0.717, 1.165) is 32.1 Å². The lowest BCUT2D eigenvalue weighted by Crippen LogP contribution is -2.56. The number of esters is 1. The van der Waals surface area contributed by atoms with Gasteiger partial charge in [-0.15, -0.1) is 6.58 Å². The smallest absolute Gasteiger partial charge is 0.326 e. The van der Waals surface area contributed by atoms with Crippen molar-refractivity contribution in [2.75, 3.05) is 19.7 Å². The molecule has 0 aromatic heterocycles. The van der Waals surface area contributed by atoms with Crippen LogP contribution in [-0.2, 0) is 14.3 Å². The Kier molecular flexibility index (Phi) is 6.56. The van der Waals surface area contributed by atoms with Crippen molar-refractivity contribution in [3.05, 3.63) is 12.7 Å². The first kappa shape index (κ1) is 15.7. The fourth-order valence-electron chi connectivity index (χ4n) is 2.38. The molecular formula is C14H24N2O3. The number of rotatable bonds is 7. The molecular weight excluding hydrogens is 244 g/mol. The average molecular weight is 268 g/mol. The highest BCUT2D eigenvalue weighted by atomic mass is 16.5. The summed E-state index contributed by atoms with van der Waals surface area (Å²) in [6, 6.07) is 0. The van der Waals surface area contributed by atoms with E-state index in [1.54, 1.807) is 13.0 Å². The first-order chi connectivity index (χ1) is 9.14. The molecule has 1 saturated carbocycles. The van der Waals surface area contributed by atoms with Crippen LogP contribution in [0, 0.1) is 0 Å². The summed E-state index contributed by atoms with van der Waals surface area (Å²) in [4.78, 5) is 23.7. The van der Waals surface area contributed by atoms with Crippen LogP contribution in [0.25, 0.3) is 0 Å². The lowest BCUT2D eigenvalue weighted by molar-refractivity contribution is -0.153. The predicted molar refractivity (Wildman–Crippen MR) is 73.7 cm³/mol. The van der Waals surface area contributed by atoms with Crippen molar-refractivity contribution in [3.8, 4) is 0 Å². The third-order valence-corrected chi connectivity index (χ3v) is 3.40. The molecule has 1 amide bonds. The zero-order valence-corrected chi connectivity index (χ0v) is 11.7. The minimum absolute atomic E-state index is 0.130. The second-order valence-corrected chi connectivity index (χ2v) is 4.81. The van der Waals surface area contributed by atoms with Gasteiger partial charge < -0.3 is 10.1 Å². The van der Waals surface area contributed by atoms with Crippen LogP contribution in [0.5, 0.6) is 0 Å². The number of nitrogens with one attached hydrogen (secondary N) is 2. The number of ether oxygens (including phenoxy) is 1. The van der Waals surface area contributed by atoms with E-state index in [4.69, 9.17) is 4.74 Å². The largest absolute Gasteiger partial charge is 0.465 e. The molecule has 1 aliphatic rings. The molecule has 0 heterocycles. The summed E-state index contributed by atoms with van der Waals surface area (Å²) in [6.07, 6.45) is 6.20. The van der Waals surface area contributed by atoms with Crippen LogP contribution in [0.3, 0.4) is 0 Å². The second kappa shape index (κ2) is 7.94. The molecule has 1 fully saturated rings. The molecule has 0 aromatic carbocycles. The van der Waals surface area contributed by atoms with E-state index in [1.807, 2.05) is 0 Å². The topological polar surface area (TPSA) is 67.4 Å². The Morgan fingerprint density at radius 1 is 1.32 bits per heavy atom. The summed E-state index contributed by atoms with van der Waals surface area (Å²) in [6.45, 7) is 6.27. The van der Waals surface area contributed by atoms with E-state index in [9.17, 15) is 9.59 Å². The zero-order chi connectivity index (χ0) is 14.1. The Morgan fingerprint density at radius 3 is 2.58 bits per heavy atom. The fourth-order valence-corrected chi connectivity index (χ4v) is 2.38. The van der Waals surface area contributed by atoms with Crippen LogP contribution >= 0.6 is 0 Å². The Labute approximate surface area is 114 Å². The molecule has 0 bridgehead atoms. The molecule has 108 valence electrons. The quantitative estimate of drug-likeness (QED) is 0.537. The number of amides is 1. The standard InChI is InChI=1S/C14H24N2O3/c1-3-10-15-12(17)11-16-14(13(18)19-4-2)8-6-5-7-9-14/h3,16H,1,4-11H2,2H3,(H,15,17). The van der Waals surface area contributed by atoms with Gasteiger partial charge in [-0.1, -0.05) is 25.3 Å². The molecule has 0 saturated heterocycles. The summed E-state index contributed by atoms with van der Waals surface area (Å²) in [7, 11) is 0. The monoisotopic (exact) mass is 268 g/mol. The minimum atomic E-state index is -0.681. The van der Waals surface area contributed by atoms with Gasteiger partial charge in [0.25, 0.3) is 0 Å². The van der Waals surface area contributed by atoms with Crippen molar-refractivity contribution in [3.63, 3.8) is 0 Å². The van der Waals surface area contributed by atoms with Crippen molar-refractivity contribution in [1.29, 1.82) is 0 Å². The molecule has 19 heavy (non-hydrogen) atoms. The van der Waals surface area contributed by atoms with Gasteiger partial charge in [-0.05, 0) is 19.8 Å². The molecule has 2 N–H and O–H groups in total. The van der Waals surface area contributed by atoms with Gasteiger partial charge in [-0.25, -0.2) is 0 Å². The summed E-state index contributed by atoms with van der Waals surface area (Å²) in [5, 5.41) is 5.80. The third kappa shape index (κ3) is 4.67. The molecule has 5 nitrogen and oxygen atoms in total. The molecule has 0 atom stereocenters. The number of carbonyl (C=O) groups is 2. The van der Waals surface area contributed by atoms with Crippen LogP contribution in [0.1, 0.15) is 39.0 Å². The SMILES string of the molecule is C=CCNC(=O)CNC1(C(=O)OCC)CCCCC1. The Morgan fingerprint density at radius 2 is 2.00 bits per heavy atom. The van der Waals surface area contributed by atoms with E-state index in [-0.39, 0.29) is 18.4 Å². The normalized spacial score (nSPS) is 17.5. The highest BCUT2D eigenvalue weighted by Crippen LogP contribution is 2.29. The van der Waals surface area contributed by atoms with Gasteiger partial charge in [0.05, 0.1) is 13.2 Å².